The molecule has 1 aliphatic heterocycles. The largest absolute Gasteiger partial charge is 0.291 e. The van der Waals surface area contributed by atoms with Gasteiger partial charge in [0.05, 0.1) is 11.4 Å². The maximum atomic E-state index is 11.6. The molecule has 0 saturated carbocycles. The van der Waals surface area contributed by atoms with E-state index in [2.05, 4.69) is 19.9 Å². The average Bonchev–Trinajstić information content (AvgIpc) is 2.48. The third-order valence-electron chi connectivity index (χ3n) is 3.83. The Kier molecular flexibility index (Phi) is 3.92. The third-order valence-corrected chi connectivity index (χ3v) is 4.69. The summed E-state index contributed by atoms with van der Waals surface area (Å²) < 4.78 is 23.2. The van der Waals surface area contributed by atoms with Gasteiger partial charge in [-0.15, -0.1) is 0 Å². The summed E-state index contributed by atoms with van der Waals surface area (Å²) in [7, 11) is -3.37. The number of rotatable bonds is 3. The van der Waals surface area contributed by atoms with E-state index in [1.54, 1.807) is 12.4 Å². The van der Waals surface area contributed by atoms with Gasteiger partial charge in [-0.2, -0.15) is 0 Å². The van der Waals surface area contributed by atoms with Crippen molar-refractivity contribution in [2.75, 3.05) is 12.8 Å². The summed E-state index contributed by atoms with van der Waals surface area (Å²) in [6.07, 6.45) is 5.39. The summed E-state index contributed by atoms with van der Waals surface area (Å²) in [5.74, 6) is 0. The van der Waals surface area contributed by atoms with Crippen LogP contribution >= 0.6 is 0 Å². The van der Waals surface area contributed by atoms with Crippen molar-refractivity contribution in [2.24, 2.45) is 0 Å². The van der Waals surface area contributed by atoms with Crippen molar-refractivity contribution in [2.45, 2.75) is 31.6 Å². The number of pyridine rings is 1. The number of nitrogens with zero attached hydrogens (tertiary/aromatic N) is 4. The Hall–Kier alpha value is -1.86. The molecule has 0 amide bonds. The molecule has 0 bridgehead atoms. The number of sulfone groups is 1. The molecule has 3 rings (SSSR count). The molecule has 0 aliphatic carbocycles. The molecule has 0 aromatic carbocycles. The Bertz CT molecular complexity index is 805. The Balaban J connectivity index is 1.82. The minimum atomic E-state index is -3.37. The second kappa shape index (κ2) is 5.73. The van der Waals surface area contributed by atoms with Crippen LogP contribution in [-0.2, 0) is 29.3 Å². The summed E-state index contributed by atoms with van der Waals surface area (Å²) in [4.78, 5) is 14.8. The summed E-state index contributed by atoms with van der Waals surface area (Å²) >= 11 is 0. The molecule has 3 heterocycles. The molecular weight excluding hydrogens is 300 g/mol. The van der Waals surface area contributed by atoms with Crippen molar-refractivity contribution in [3.05, 3.63) is 47.0 Å². The van der Waals surface area contributed by atoms with Gasteiger partial charge in [-0.3, -0.25) is 9.88 Å². The first kappa shape index (κ1) is 15.1. The van der Waals surface area contributed by atoms with Crippen molar-refractivity contribution in [3.63, 3.8) is 0 Å². The van der Waals surface area contributed by atoms with E-state index in [9.17, 15) is 8.42 Å². The molecule has 0 atom stereocenters. The maximum Gasteiger partial charge on any atom is 0.247 e. The van der Waals surface area contributed by atoms with Crippen LogP contribution in [0.5, 0.6) is 0 Å². The van der Waals surface area contributed by atoms with Gasteiger partial charge in [0.25, 0.3) is 0 Å². The maximum absolute atomic E-state index is 11.6. The predicted molar refractivity (Wildman–Crippen MR) is 81.9 cm³/mol. The lowest BCUT2D eigenvalue weighted by Gasteiger charge is -2.27. The molecule has 2 aromatic rings. The third kappa shape index (κ3) is 3.15. The van der Waals surface area contributed by atoms with Gasteiger partial charge in [-0.25, -0.2) is 18.4 Å². The minimum absolute atomic E-state index is 0.0953. The van der Waals surface area contributed by atoms with Gasteiger partial charge in [-0.1, -0.05) is 6.07 Å². The highest BCUT2D eigenvalue weighted by Gasteiger charge is 2.21. The van der Waals surface area contributed by atoms with Crippen LogP contribution in [-0.4, -0.2) is 41.1 Å². The van der Waals surface area contributed by atoms with Crippen LogP contribution < -0.4 is 0 Å². The van der Waals surface area contributed by atoms with Crippen LogP contribution in [0.2, 0.25) is 0 Å². The molecule has 116 valence electrons. The van der Waals surface area contributed by atoms with Gasteiger partial charge in [0.15, 0.2) is 0 Å². The monoisotopic (exact) mass is 318 g/mol. The van der Waals surface area contributed by atoms with E-state index in [-0.39, 0.29) is 5.16 Å². The fourth-order valence-corrected chi connectivity index (χ4v) is 3.07. The van der Waals surface area contributed by atoms with Gasteiger partial charge in [0.2, 0.25) is 15.0 Å². The lowest BCUT2D eigenvalue weighted by atomic mass is 10.1. The highest BCUT2D eigenvalue weighted by molar-refractivity contribution is 7.90. The van der Waals surface area contributed by atoms with E-state index in [0.29, 0.717) is 6.54 Å². The molecule has 0 N–H and O–H groups in total. The molecule has 1 aliphatic rings. The number of aromatic nitrogens is 3. The average molecular weight is 318 g/mol. The van der Waals surface area contributed by atoms with Crippen LogP contribution in [0, 0.1) is 6.92 Å². The van der Waals surface area contributed by atoms with Gasteiger partial charge in [0.1, 0.15) is 0 Å². The van der Waals surface area contributed by atoms with E-state index in [1.165, 1.54) is 0 Å². The first-order chi connectivity index (χ1) is 10.4. The first-order valence-electron chi connectivity index (χ1n) is 7.11. The van der Waals surface area contributed by atoms with E-state index in [4.69, 9.17) is 0 Å². The van der Waals surface area contributed by atoms with Crippen LogP contribution in [0.1, 0.15) is 22.5 Å². The fourth-order valence-electron chi connectivity index (χ4n) is 2.55. The molecule has 0 fully saturated rings. The molecule has 0 spiro atoms. The Labute approximate surface area is 130 Å². The number of aryl methyl sites for hydroxylation is 1. The highest BCUT2D eigenvalue weighted by Crippen LogP contribution is 2.19. The quantitative estimate of drug-likeness (QED) is 0.790. The van der Waals surface area contributed by atoms with E-state index in [1.807, 2.05) is 19.1 Å². The van der Waals surface area contributed by atoms with Crippen LogP contribution in [0.15, 0.2) is 29.7 Å². The van der Waals surface area contributed by atoms with Crippen molar-refractivity contribution in [1.29, 1.82) is 0 Å². The molecule has 22 heavy (non-hydrogen) atoms. The fraction of sp³-hybridized carbons (Fsp3) is 0.400. The zero-order valence-electron chi connectivity index (χ0n) is 12.7. The Morgan fingerprint density at radius 1 is 1.32 bits per heavy atom. The second-order valence-electron chi connectivity index (χ2n) is 5.62. The first-order valence-corrected chi connectivity index (χ1v) is 9.00. The molecule has 0 saturated heterocycles. The van der Waals surface area contributed by atoms with Crippen LogP contribution in [0.3, 0.4) is 0 Å². The van der Waals surface area contributed by atoms with E-state index < -0.39 is 9.84 Å². The predicted octanol–water partition coefficient (Wildman–Crippen LogP) is 1.14. The van der Waals surface area contributed by atoms with Gasteiger partial charge >= 0.3 is 0 Å². The molecule has 0 radical (unpaired) electrons. The van der Waals surface area contributed by atoms with Gasteiger partial charge < -0.3 is 0 Å². The SMILES string of the molecule is Cc1cccnc1CN1CCc2cnc(S(C)(=O)=O)nc2C1. The lowest BCUT2D eigenvalue weighted by Crippen LogP contribution is -2.32. The summed E-state index contributed by atoms with van der Waals surface area (Å²) in [6.45, 7) is 4.30. The van der Waals surface area contributed by atoms with Crippen LogP contribution in [0.25, 0.3) is 0 Å². The van der Waals surface area contributed by atoms with E-state index >= 15 is 0 Å². The number of fused-ring (bicyclic) bond motifs is 1. The Morgan fingerprint density at radius 3 is 2.86 bits per heavy atom. The van der Waals surface area contributed by atoms with Crippen LogP contribution in [0.4, 0.5) is 0 Å². The zero-order chi connectivity index (χ0) is 15.7. The van der Waals surface area contributed by atoms with Crippen molar-refractivity contribution in [3.8, 4) is 0 Å². The smallest absolute Gasteiger partial charge is 0.247 e. The molecular formula is C15H18N4O2S. The number of hydrogen-bond acceptors (Lipinski definition) is 6. The topological polar surface area (TPSA) is 76.1 Å². The summed E-state index contributed by atoms with van der Waals surface area (Å²) in [5, 5.41) is -0.0953. The standard InChI is InChI=1S/C15H18N4O2S/c1-11-4-3-6-16-13(11)9-19-7-5-12-8-17-15(22(2,20)21)18-14(12)10-19/h3-4,6,8H,5,7,9-10H2,1-2H3. The molecule has 2 aromatic heterocycles. The van der Waals surface area contributed by atoms with Gasteiger partial charge in [-0.05, 0) is 30.5 Å². The second-order valence-corrected chi connectivity index (χ2v) is 7.53. The van der Waals surface area contributed by atoms with E-state index in [0.717, 1.165) is 48.3 Å². The van der Waals surface area contributed by atoms with Gasteiger partial charge in [0, 0.05) is 38.3 Å². The molecule has 0 unspecified atom stereocenters. The minimum Gasteiger partial charge on any atom is -0.291 e. The molecule has 7 heteroatoms. The summed E-state index contributed by atoms with van der Waals surface area (Å²) in [5.41, 5.74) is 4.04. The number of hydrogen-bond donors (Lipinski definition) is 0. The normalized spacial score (nSPS) is 15.5. The van der Waals surface area contributed by atoms with Crippen molar-refractivity contribution < 1.29 is 8.42 Å². The summed E-state index contributed by atoms with van der Waals surface area (Å²) in [6, 6.07) is 3.97. The van der Waals surface area contributed by atoms with Crippen molar-refractivity contribution >= 4 is 9.84 Å². The zero-order valence-corrected chi connectivity index (χ0v) is 13.5. The lowest BCUT2D eigenvalue weighted by molar-refractivity contribution is 0.236. The van der Waals surface area contributed by atoms with Crippen molar-refractivity contribution in [1.82, 2.24) is 19.9 Å². The Morgan fingerprint density at radius 2 is 2.14 bits per heavy atom. The molecule has 6 nitrogen and oxygen atoms in total. The highest BCUT2D eigenvalue weighted by atomic mass is 32.2.